The van der Waals surface area contributed by atoms with E-state index in [9.17, 15) is 65.1 Å². The molecule has 0 unspecified atom stereocenters. The monoisotopic (exact) mass is 1060 g/mol. The van der Waals surface area contributed by atoms with E-state index < -0.39 is 123 Å². The third kappa shape index (κ3) is 14.5. The van der Waals surface area contributed by atoms with Crippen LogP contribution in [0.2, 0.25) is 5.28 Å². The molecule has 1 aromatic heterocycles. The van der Waals surface area contributed by atoms with Gasteiger partial charge in [-0.3, -0.25) is 14.4 Å². The number of Topliss-reactive ketones (excluding diaryl/α,β-unsaturated/α-hetero) is 1. The number of hydrogen-bond acceptors (Lipinski definition) is 23. The van der Waals surface area contributed by atoms with Gasteiger partial charge in [-0.05, 0) is 71.9 Å². The van der Waals surface area contributed by atoms with Crippen LogP contribution in [0.5, 0.6) is 0 Å². The topological polar surface area (TPSA) is 368 Å². The number of carbonyl (C=O) groups is 1. The van der Waals surface area contributed by atoms with E-state index >= 15 is 0 Å². The van der Waals surface area contributed by atoms with E-state index in [0.29, 0.717) is 23.6 Å². The van der Waals surface area contributed by atoms with Crippen LogP contribution in [0.4, 0.5) is 29.0 Å². The Hall–Kier alpha value is -1.53. The van der Waals surface area contributed by atoms with Gasteiger partial charge in [-0.2, -0.15) is 20.1 Å². The normalized spacial score (nSPS) is 13.5. The van der Waals surface area contributed by atoms with Gasteiger partial charge in [0.1, 0.15) is 36.1 Å². The van der Waals surface area contributed by atoms with E-state index in [4.69, 9.17) is 11.6 Å². The Morgan fingerprint density at radius 1 is 0.742 bits per heavy atom. The van der Waals surface area contributed by atoms with Crippen molar-refractivity contribution < 1.29 is 188 Å². The van der Waals surface area contributed by atoms with Crippen molar-refractivity contribution in [2.45, 2.75) is 21.6 Å². The molecule has 0 aliphatic heterocycles. The van der Waals surface area contributed by atoms with Crippen LogP contribution in [0.25, 0.3) is 16.8 Å². The van der Waals surface area contributed by atoms with E-state index in [-0.39, 0.29) is 147 Å². The van der Waals surface area contributed by atoms with Gasteiger partial charge in [0.2, 0.25) is 33.4 Å². The first-order valence-electron chi connectivity index (χ1n) is 16.8. The molecule has 4 aromatic carbocycles. The molecule has 0 fully saturated rings. The van der Waals surface area contributed by atoms with Crippen LogP contribution in [-0.4, -0.2) is 106 Å². The third-order valence-corrected chi connectivity index (χ3v) is 13.5. The molecule has 0 spiro atoms. The molecular weight excluding hydrogens is 1040 g/mol. The minimum absolute atomic E-state index is 0. The molecule has 328 valence electrons. The predicted octanol–water partition coefficient (Wildman–Crippen LogP) is -9.80. The Balaban J connectivity index is 0.00000374. The van der Waals surface area contributed by atoms with Crippen molar-refractivity contribution in [1.82, 2.24) is 15.0 Å². The molecule has 0 saturated carbocycles. The molecule has 0 atom stereocenters. The number of sulfone groups is 1. The number of aromatic nitrogens is 3. The zero-order chi connectivity index (χ0) is 45.6. The van der Waals surface area contributed by atoms with E-state index in [2.05, 4.69) is 35.0 Å². The SMILES string of the molecule is CCN(c1cccc(S(=O)(=O)CCOS(=O)(=O)[O-])c1)c1nc(Cl)nc(Nc2cc(S(=O)(=O)[O-])cc3c2C(=O)/C(=N/Nc2ccc4ccccc4c2S(=O)(=O)[O-])C(S(=O)(=O)[O-])=C3)n1.[Na+].[Na+].[Na+].[Na+]. The minimum Gasteiger partial charge on any atom is -0.744 e. The second-order valence-corrected chi connectivity index (χ2v) is 20.1. The average molecular weight is 1060 g/mol. The molecule has 6 rings (SSSR count). The molecule has 0 saturated heterocycles. The maximum atomic E-state index is 14.2. The van der Waals surface area contributed by atoms with Crippen LogP contribution in [0, 0.1) is 0 Å². The Labute approximate surface area is 470 Å². The summed E-state index contributed by atoms with van der Waals surface area (Å²) in [5.41, 5.74) is -1.26. The van der Waals surface area contributed by atoms with Crippen molar-refractivity contribution in [2.75, 3.05) is 34.5 Å². The van der Waals surface area contributed by atoms with Crippen LogP contribution in [0.1, 0.15) is 22.8 Å². The summed E-state index contributed by atoms with van der Waals surface area (Å²) in [6, 6.07) is 14.5. The molecule has 0 bridgehead atoms. The number of allylic oxidation sites excluding steroid dienone is 1. The van der Waals surface area contributed by atoms with Crippen LogP contribution >= 0.6 is 11.6 Å². The minimum atomic E-state index is -5.67. The number of benzene rings is 4. The van der Waals surface area contributed by atoms with E-state index in [0.717, 1.165) is 12.1 Å². The second kappa shape index (κ2) is 23.6. The summed E-state index contributed by atoms with van der Waals surface area (Å²) in [5.74, 6) is -3.17. The largest absolute Gasteiger partial charge is 1.00 e. The van der Waals surface area contributed by atoms with Gasteiger partial charge >= 0.3 is 118 Å². The van der Waals surface area contributed by atoms with E-state index in [1.807, 2.05) is 0 Å². The number of ketones is 1. The van der Waals surface area contributed by atoms with Gasteiger partial charge in [-0.1, -0.05) is 36.4 Å². The quantitative estimate of drug-likeness (QED) is 0.0425. The Morgan fingerprint density at radius 2 is 1.41 bits per heavy atom. The molecule has 33 heteroatoms. The number of fused-ring (bicyclic) bond motifs is 2. The molecule has 1 aliphatic carbocycles. The van der Waals surface area contributed by atoms with Crippen molar-refractivity contribution in [3.63, 3.8) is 0 Å². The maximum absolute atomic E-state index is 14.2. The van der Waals surface area contributed by atoms with Crippen molar-refractivity contribution in [2.24, 2.45) is 5.10 Å². The van der Waals surface area contributed by atoms with E-state index in [1.165, 1.54) is 47.4 Å². The zero-order valence-corrected chi connectivity index (χ0v) is 47.7. The predicted molar refractivity (Wildman–Crippen MR) is 214 cm³/mol. The van der Waals surface area contributed by atoms with Crippen molar-refractivity contribution in [3.8, 4) is 0 Å². The molecule has 66 heavy (non-hydrogen) atoms. The molecule has 1 aliphatic rings. The van der Waals surface area contributed by atoms with Gasteiger partial charge in [0.15, 0.2) is 9.84 Å². The summed E-state index contributed by atoms with van der Waals surface area (Å²) in [6.45, 7) is 0.599. The molecule has 0 amide bonds. The number of carbonyl (C=O) groups excluding carboxylic acids is 1. The molecule has 1 heterocycles. The summed E-state index contributed by atoms with van der Waals surface area (Å²) in [7, 11) is -25.8. The fourth-order valence-electron chi connectivity index (χ4n) is 5.98. The van der Waals surface area contributed by atoms with Crippen molar-refractivity contribution in [1.29, 1.82) is 0 Å². The maximum Gasteiger partial charge on any atom is 1.00 e. The summed E-state index contributed by atoms with van der Waals surface area (Å²) < 4.78 is 174. The van der Waals surface area contributed by atoms with Gasteiger partial charge < -0.3 is 28.4 Å². The smallest absolute Gasteiger partial charge is 0.744 e. The van der Waals surface area contributed by atoms with Gasteiger partial charge in [0, 0.05) is 17.6 Å². The van der Waals surface area contributed by atoms with Gasteiger partial charge in [0.25, 0.3) is 0 Å². The fraction of sp³-hybridized carbons (Fsp3) is 0.121. The van der Waals surface area contributed by atoms with Gasteiger partial charge in [0.05, 0.1) is 48.9 Å². The zero-order valence-electron chi connectivity index (χ0n) is 34.8. The fourth-order valence-corrected chi connectivity index (χ4v) is 9.68. The van der Waals surface area contributed by atoms with Crippen LogP contribution in [-0.2, 0) is 54.8 Å². The summed E-state index contributed by atoms with van der Waals surface area (Å²) >= 11 is 6.22. The summed E-state index contributed by atoms with van der Waals surface area (Å²) in [5, 5.41) is 5.93. The van der Waals surface area contributed by atoms with Crippen LogP contribution in [0.3, 0.4) is 0 Å². The number of nitrogens with zero attached hydrogens (tertiary/aromatic N) is 5. The van der Waals surface area contributed by atoms with Crippen molar-refractivity contribution in [3.05, 3.63) is 94.1 Å². The van der Waals surface area contributed by atoms with Gasteiger partial charge in [-0.15, -0.1) is 0 Å². The van der Waals surface area contributed by atoms with Crippen LogP contribution < -0.4 is 134 Å². The molecule has 23 nitrogen and oxygen atoms in total. The molecule has 0 radical (unpaired) electrons. The number of hydrazone groups is 1. The second-order valence-electron chi connectivity index (χ2n) is 12.5. The third-order valence-electron chi connectivity index (χ3n) is 8.55. The number of anilines is 5. The molecular formula is C33H24ClN7Na4O16S5. The van der Waals surface area contributed by atoms with E-state index in [1.54, 1.807) is 13.0 Å². The summed E-state index contributed by atoms with van der Waals surface area (Å²) in [6.07, 6.45) is 0.530. The standard InChI is InChI=1S/C33H28ClN7O16S5.4Na/c1-2-41(20-7-5-8-21(16-20)58(43,44)13-12-57-62(54,55)56)33-37-31(34)36-32(38-33)35-25-17-22(59(45,46)47)14-19-15-26(60(48,49)50)28(29(42)27(19)25)40-39-24-11-10-18-6-3-4-9-23(18)30(24)61(51,52)53;;;;/h3-11,14-17,39H,2,12-13H2,1H3,(H,45,46,47)(H,48,49,50)(H,51,52,53)(H,54,55,56)(H,35,36,37,38);;;;/q;4*+1/p-4/b40-28+;;;;. The van der Waals surface area contributed by atoms with Crippen LogP contribution in [0.15, 0.2) is 97.5 Å². The molecule has 2 N–H and O–H groups in total. The first kappa shape index (κ1) is 60.6. The average Bonchev–Trinajstić information content (AvgIpc) is 3.15. The number of halogens is 1. The number of hydrogen-bond donors (Lipinski definition) is 2. The Morgan fingerprint density at radius 3 is 2.02 bits per heavy atom. The first-order chi connectivity index (χ1) is 28.8. The Kier molecular flexibility index (Phi) is 21.7. The number of rotatable bonds is 15. The number of nitrogens with one attached hydrogen (secondary N) is 2. The van der Waals surface area contributed by atoms with Gasteiger partial charge in [-0.25, -0.2) is 42.1 Å². The van der Waals surface area contributed by atoms with Crippen molar-refractivity contribution >= 4 is 119 Å². The Bertz CT molecular complexity index is 3350. The summed E-state index contributed by atoms with van der Waals surface area (Å²) in [4.78, 5) is 24.1. The molecule has 5 aromatic rings. The first-order valence-corrected chi connectivity index (χ1v) is 24.4.